The normalized spacial score (nSPS) is 12.2. The van der Waals surface area contributed by atoms with Crippen molar-refractivity contribution >= 4 is 11.6 Å². The van der Waals surface area contributed by atoms with E-state index >= 15 is 0 Å². The number of halogens is 1. The van der Waals surface area contributed by atoms with E-state index in [9.17, 15) is 0 Å². The van der Waals surface area contributed by atoms with Gasteiger partial charge in [0.15, 0.2) is 0 Å². The van der Waals surface area contributed by atoms with Crippen LogP contribution in [0.2, 0.25) is 5.02 Å². The van der Waals surface area contributed by atoms with Gasteiger partial charge in [0.2, 0.25) is 0 Å². The Morgan fingerprint density at radius 3 is 2.55 bits per heavy atom. The van der Waals surface area contributed by atoms with Crippen molar-refractivity contribution < 1.29 is 4.74 Å². The molecule has 0 aromatic heterocycles. The quantitative estimate of drug-likeness (QED) is 0.915. The maximum absolute atomic E-state index is 6.31. The number of benzene rings is 2. The van der Waals surface area contributed by atoms with Gasteiger partial charge < -0.3 is 10.5 Å². The van der Waals surface area contributed by atoms with Crippen LogP contribution in [0.4, 0.5) is 0 Å². The summed E-state index contributed by atoms with van der Waals surface area (Å²) in [6, 6.07) is 12.0. The lowest BCUT2D eigenvalue weighted by atomic mass is 9.95. The Hall–Kier alpha value is -1.51. The van der Waals surface area contributed by atoms with E-state index in [1.807, 2.05) is 12.1 Å². The van der Waals surface area contributed by atoms with E-state index in [1.54, 1.807) is 13.2 Å². The standard InChI is InChI=1S/C17H20ClNO/c1-11-4-5-12(2)13(8-11)9-17(19)15-7-6-14(20-3)10-16(15)18/h4-8,10,17H,9,19H2,1-3H3. The third kappa shape index (κ3) is 3.33. The van der Waals surface area contributed by atoms with Crippen LogP contribution >= 0.6 is 11.6 Å². The summed E-state index contributed by atoms with van der Waals surface area (Å²) >= 11 is 6.28. The molecule has 2 aromatic carbocycles. The second-order valence-electron chi connectivity index (χ2n) is 5.13. The first kappa shape index (κ1) is 14.9. The number of hydrogen-bond acceptors (Lipinski definition) is 2. The highest BCUT2D eigenvalue weighted by molar-refractivity contribution is 6.31. The van der Waals surface area contributed by atoms with Crippen molar-refractivity contribution in [2.45, 2.75) is 26.3 Å². The van der Waals surface area contributed by atoms with Gasteiger partial charge in [0.1, 0.15) is 5.75 Å². The molecule has 0 spiro atoms. The van der Waals surface area contributed by atoms with E-state index in [0.717, 1.165) is 17.7 Å². The highest BCUT2D eigenvalue weighted by Gasteiger charge is 2.13. The molecule has 2 aromatic rings. The highest BCUT2D eigenvalue weighted by atomic mass is 35.5. The van der Waals surface area contributed by atoms with Gasteiger partial charge in [-0.3, -0.25) is 0 Å². The molecule has 0 radical (unpaired) electrons. The van der Waals surface area contributed by atoms with Crippen molar-refractivity contribution in [3.8, 4) is 5.75 Å². The lowest BCUT2D eigenvalue weighted by Gasteiger charge is -2.16. The van der Waals surface area contributed by atoms with Crippen LogP contribution in [0.15, 0.2) is 36.4 Å². The second kappa shape index (κ2) is 6.29. The second-order valence-corrected chi connectivity index (χ2v) is 5.54. The van der Waals surface area contributed by atoms with Gasteiger partial charge in [-0.15, -0.1) is 0 Å². The fourth-order valence-electron chi connectivity index (χ4n) is 2.30. The zero-order valence-electron chi connectivity index (χ0n) is 12.1. The number of ether oxygens (including phenoxy) is 1. The van der Waals surface area contributed by atoms with Crippen LogP contribution in [0.1, 0.15) is 28.3 Å². The molecular weight excluding hydrogens is 270 g/mol. The zero-order valence-corrected chi connectivity index (χ0v) is 12.9. The summed E-state index contributed by atoms with van der Waals surface area (Å²) < 4.78 is 5.16. The first-order valence-corrected chi connectivity index (χ1v) is 7.04. The minimum absolute atomic E-state index is 0.117. The van der Waals surface area contributed by atoms with Gasteiger partial charge in [-0.05, 0) is 49.1 Å². The van der Waals surface area contributed by atoms with Gasteiger partial charge >= 0.3 is 0 Å². The molecule has 20 heavy (non-hydrogen) atoms. The lowest BCUT2D eigenvalue weighted by Crippen LogP contribution is -2.14. The van der Waals surface area contributed by atoms with Crippen LogP contribution < -0.4 is 10.5 Å². The van der Waals surface area contributed by atoms with Gasteiger partial charge in [-0.25, -0.2) is 0 Å². The van der Waals surface area contributed by atoms with Crippen LogP contribution in [-0.4, -0.2) is 7.11 Å². The van der Waals surface area contributed by atoms with E-state index in [4.69, 9.17) is 22.1 Å². The summed E-state index contributed by atoms with van der Waals surface area (Å²) in [5.41, 5.74) is 11.0. The van der Waals surface area contributed by atoms with Crippen molar-refractivity contribution in [3.63, 3.8) is 0 Å². The molecule has 0 saturated carbocycles. The Labute approximate surface area is 125 Å². The van der Waals surface area contributed by atoms with E-state index in [1.165, 1.54) is 16.7 Å². The average molecular weight is 290 g/mol. The fourth-order valence-corrected chi connectivity index (χ4v) is 2.61. The third-order valence-electron chi connectivity index (χ3n) is 3.55. The van der Waals surface area contributed by atoms with Crippen LogP contribution in [0.25, 0.3) is 0 Å². The number of methoxy groups -OCH3 is 1. The van der Waals surface area contributed by atoms with Crippen LogP contribution in [0.3, 0.4) is 0 Å². The van der Waals surface area contributed by atoms with Crippen molar-refractivity contribution in [2.24, 2.45) is 5.73 Å². The molecule has 3 heteroatoms. The maximum Gasteiger partial charge on any atom is 0.120 e. The molecular formula is C17H20ClNO. The molecule has 106 valence electrons. The van der Waals surface area contributed by atoms with Gasteiger partial charge in [0, 0.05) is 11.1 Å². The summed E-state index contributed by atoms with van der Waals surface area (Å²) in [4.78, 5) is 0. The molecule has 0 saturated heterocycles. The minimum Gasteiger partial charge on any atom is -0.497 e. The van der Waals surface area contributed by atoms with Crippen molar-refractivity contribution in [1.82, 2.24) is 0 Å². The summed E-state index contributed by atoms with van der Waals surface area (Å²) in [6.45, 7) is 4.20. The van der Waals surface area contributed by atoms with E-state index in [0.29, 0.717) is 5.02 Å². The van der Waals surface area contributed by atoms with E-state index in [2.05, 4.69) is 32.0 Å². The summed E-state index contributed by atoms with van der Waals surface area (Å²) in [7, 11) is 1.63. The van der Waals surface area contributed by atoms with Crippen molar-refractivity contribution in [1.29, 1.82) is 0 Å². The molecule has 0 amide bonds. The molecule has 2 rings (SSSR count). The summed E-state index contributed by atoms with van der Waals surface area (Å²) in [5, 5.41) is 0.655. The smallest absolute Gasteiger partial charge is 0.120 e. The monoisotopic (exact) mass is 289 g/mol. The molecule has 0 aliphatic heterocycles. The van der Waals surface area contributed by atoms with Gasteiger partial charge in [0.05, 0.1) is 7.11 Å². The SMILES string of the molecule is COc1ccc(C(N)Cc2cc(C)ccc2C)c(Cl)c1. The number of aryl methyl sites for hydroxylation is 2. The molecule has 0 fully saturated rings. The van der Waals surface area contributed by atoms with Crippen LogP contribution in [0.5, 0.6) is 5.75 Å². The first-order chi connectivity index (χ1) is 9.51. The number of hydrogen-bond donors (Lipinski definition) is 1. The van der Waals surface area contributed by atoms with Crippen molar-refractivity contribution in [3.05, 3.63) is 63.7 Å². The Morgan fingerprint density at radius 1 is 1.15 bits per heavy atom. The van der Waals surface area contributed by atoms with Crippen LogP contribution in [0, 0.1) is 13.8 Å². The Balaban J connectivity index is 2.23. The van der Waals surface area contributed by atoms with E-state index < -0.39 is 0 Å². The molecule has 1 unspecified atom stereocenters. The van der Waals surface area contributed by atoms with Gasteiger partial charge in [0.25, 0.3) is 0 Å². The predicted octanol–water partition coefficient (Wildman–Crippen LogP) is 4.21. The van der Waals surface area contributed by atoms with Gasteiger partial charge in [-0.2, -0.15) is 0 Å². The molecule has 1 atom stereocenters. The zero-order chi connectivity index (χ0) is 14.7. The third-order valence-corrected chi connectivity index (χ3v) is 3.88. The molecule has 0 aliphatic rings. The topological polar surface area (TPSA) is 35.2 Å². The molecule has 0 bridgehead atoms. The van der Waals surface area contributed by atoms with Crippen molar-refractivity contribution in [2.75, 3.05) is 7.11 Å². The average Bonchev–Trinajstić information content (AvgIpc) is 2.42. The summed E-state index contributed by atoms with van der Waals surface area (Å²) in [5.74, 6) is 0.748. The predicted molar refractivity (Wildman–Crippen MR) is 84.6 cm³/mol. The number of nitrogens with two attached hydrogens (primary N) is 1. The maximum atomic E-state index is 6.31. The Bertz CT molecular complexity index is 610. The molecule has 0 heterocycles. The highest BCUT2D eigenvalue weighted by Crippen LogP contribution is 2.28. The Morgan fingerprint density at radius 2 is 1.90 bits per heavy atom. The first-order valence-electron chi connectivity index (χ1n) is 6.66. The minimum atomic E-state index is -0.117. The molecule has 2 N–H and O–H groups in total. The van der Waals surface area contributed by atoms with Crippen LogP contribution in [-0.2, 0) is 6.42 Å². The fraction of sp³-hybridized carbons (Fsp3) is 0.294. The largest absolute Gasteiger partial charge is 0.497 e. The van der Waals surface area contributed by atoms with Gasteiger partial charge in [-0.1, -0.05) is 41.4 Å². The Kier molecular flexibility index (Phi) is 4.69. The van der Waals surface area contributed by atoms with E-state index in [-0.39, 0.29) is 6.04 Å². The molecule has 2 nitrogen and oxygen atoms in total. The molecule has 0 aliphatic carbocycles. The number of rotatable bonds is 4. The lowest BCUT2D eigenvalue weighted by molar-refractivity contribution is 0.414. The summed E-state index contributed by atoms with van der Waals surface area (Å²) in [6.07, 6.45) is 0.777.